The molecule has 1 unspecified atom stereocenters. The van der Waals surface area contributed by atoms with Crippen LogP contribution in [0.3, 0.4) is 0 Å². The lowest BCUT2D eigenvalue weighted by Crippen LogP contribution is -2.45. The van der Waals surface area contributed by atoms with Crippen molar-refractivity contribution in [3.8, 4) is 0 Å². The van der Waals surface area contributed by atoms with Gasteiger partial charge in [-0.05, 0) is 19.3 Å². The molecule has 0 saturated carbocycles. The Morgan fingerprint density at radius 3 is 2.62 bits per heavy atom. The van der Waals surface area contributed by atoms with Crippen LogP contribution in [-0.4, -0.2) is 55.9 Å². The molecule has 0 aromatic rings. The molecule has 0 bridgehead atoms. The molecule has 1 saturated heterocycles. The van der Waals surface area contributed by atoms with Gasteiger partial charge in [0.2, 0.25) is 5.91 Å². The van der Waals surface area contributed by atoms with E-state index in [-0.39, 0.29) is 31.4 Å². The molecule has 8 heteroatoms. The maximum Gasteiger partial charge on any atom is 0.411 e. The zero-order valence-electron chi connectivity index (χ0n) is 11.9. The number of alkyl halides is 3. The minimum Gasteiger partial charge on any atom is -0.469 e. The summed E-state index contributed by atoms with van der Waals surface area (Å²) in [5, 5.41) is 0. The normalized spacial score (nSPS) is 19.4. The van der Waals surface area contributed by atoms with Crippen LogP contribution in [0.1, 0.15) is 32.1 Å². The van der Waals surface area contributed by atoms with E-state index in [1.165, 1.54) is 7.11 Å². The largest absolute Gasteiger partial charge is 0.469 e. The number of hydrogen-bond acceptors (Lipinski definition) is 4. The number of likely N-dealkylation sites (tertiary alicyclic amines) is 1. The Balaban J connectivity index is 2.40. The minimum atomic E-state index is -4.39. The Hall–Kier alpha value is -1.31. The SMILES string of the molecule is COC(=O)CC1CCCCN1C(=O)CCOCC(F)(F)F. The summed E-state index contributed by atoms with van der Waals surface area (Å²) in [6.07, 6.45) is -1.95. The van der Waals surface area contributed by atoms with Crippen LogP contribution >= 0.6 is 0 Å². The summed E-state index contributed by atoms with van der Waals surface area (Å²) in [7, 11) is 1.28. The van der Waals surface area contributed by atoms with Crippen LogP contribution in [0.2, 0.25) is 0 Å². The molecule has 21 heavy (non-hydrogen) atoms. The molecule has 1 fully saturated rings. The van der Waals surface area contributed by atoms with E-state index in [1.54, 1.807) is 4.90 Å². The molecule has 1 rings (SSSR count). The summed E-state index contributed by atoms with van der Waals surface area (Å²) in [4.78, 5) is 24.9. The Bertz CT molecular complexity index is 360. The van der Waals surface area contributed by atoms with Gasteiger partial charge in [0, 0.05) is 12.6 Å². The topological polar surface area (TPSA) is 55.8 Å². The van der Waals surface area contributed by atoms with E-state index in [9.17, 15) is 22.8 Å². The van der Waals surface area contributed by atoms with Crippen molar-refractivity contribution in [1.82, 2.24) is 4.90 Å². The zero-order valence-corrected chi connectivity index (χ0v) is 11.9. The second-order valence-corrected chi connectivity index (χ2v) is 4.93. The van der Waals surface area contributed by atoms with E-state index in [1.807, 2.05) is 0 Å². The molecule has 1 heterocycles. The van der Waals surface area contributed by atoms with Gasteiger partial charge in [-0.3, -0.25) is 9.59 Å². The van der Waals surface area contributed by atoms with Gasteiger partial charge in [-0.2, -0.15) is 13.2 Å². The molecule has 1 aliphatic heterocycles. The van der Waals surface area contributed by atoms with Gasteiger partial charge in [-0.1, -0.05) is 0 Å². The average molecular weight is 311 g/mol. The van der Waals surface area contributed by atoms with Crippen molar-refractivity contribution < 1.29 is 32.2 Å². The van der Waals surface area contributed by atoms with Crippen LogP contribution < -0.4 is 0 Å². The number of halogens is 3. The summed E-state index contributed by atoms with van der Waals surface area (Å²) in [6.45, 7) is -1.12. The van der Waals surface area contributed by atoms with Crippen molar-refractivity contribution in [2.45, 2.75) is 44.3 Å². The number of methoxy groups -OCH3 is 1. The first-order chi connectivity index (χ1) is 9.83. The van der Waals surface area contributed by atoms with Crippen LogP contribution in [0, 0.1) is 0 Å². The summed E-state index contributed by atoms with van der Waals surface area (Å²) >= 11 is 0. The second-order valence-electron chi connectivity index (χ2n) is 4.93. The van der Waals surface area contributed by atoms with Crippen molar-refractivity contribution in [2.75, 3.05) is 26.9 Å². The van der Waals surface area contributed by atoms with Crippen molar-refractivity contribution in [3.63, 3.8) is 0 Å². The molecule has 0 aromatic heterocycles. The fraction of sp³-hybridized carbons (Fsp3) is 0.846. The van der Waals surface area contributed by atoms with Gasteiger partial charge in [0.25, 0.3) is 0 Å². The molecule has 1 atom stereocenters. The van der Waals surface area contributed by atoms with Crippen LogP contribution in [0.4, 0.5) is 13.2 Å². The number of amides is 1. The Kier molecular flexibility index (Phi) is 6.94. The van der Waals surface area contributed by atoms with Gasteiger partial charge in [0.15, 0.2) is 0 Å². The molecule has 0 N–H and O–H groups in total. The number of hydrogen-bond donors (Lipinski definition) is 0. The molecule has 122 valence electrons. The van der Waals surface area contributed by atoms with Gasteiger partial charge in [-0.15, -0.1) is 0 Å². The van der Waals surface area contributed by atoms with Crippen LogP contribution in [0.5, 0.6) is 0 Å². The monoisotopic (exact) mass is 311 g/mol. The summed E-state index contributed by atoms with van der Waals surface area (Å²) in [5.74, 6) is -0.682. The van der Waals surface area contributed by atoms with E-state index in [4.69, 9.17) is 0 Å². The maximum atomic E-state index is 12.0. The Labute approximate surface area is 121 Å². The van der Waals surface area contributed by atoms with Gasteiger partial charge < -0.3 is 14.4 Å². The average Bonchev–Trinajstić information content (AvgIpc) is 2.42. The summed E-state index contributed by atoms with van der Waals surface area (Å²) in [6, 6.07) is -0.235. The highest BCUT2D eigenvalue weighted by molar-refractivity contribution is 5.78. The number of esters is 1. The van der Waals surface area contributed by atoms with Crippen molar-refractivity contribution >= 4 is 11.9 Å². The van der Waals surface area contributed by atoms with E-state index in [2.05, 4.69) is 9.47 Å². The maximum absolute atomic E-state index is 12.0. The van der Waals surface area contributed by atoms with E-state index in [0.717, 1.165) is 12.8 Å². The van der Waals surface area contributed by atoms with Gasteiger partial charge in [0.1, 0.15) is 6.61 Å². The quantitative estimate of drug-likeness (QED) is 0.555. The lowest BCUT2D eigenvalue weighted by Gasteiger charge is -2.35. The predicted octanol–water partition coefficient (Wildman–Crippen LogP) is 1.90. The first-order valence-corrected chi connectivity index (χ1v) is 6.84. The highest BCUT2D eigenvalue weighted by atomic mass is 19.4. The molecule has 0 aliphatic carbocycles. The standard InChI is InChI=1S/C13H20F3NO4/c1-20-12(19)8-10-4-2-3-6-17(10)11(18)5-7-21-9-13(14,15)16/h10H,2-9H2,1H3. The zero-order chi connectivity index (χ0) is 15.9. The molecular weight excluding hydrogens is 291 g/mol. The highest BCUT2D eigenvalue weighted by Crippen LogP contribution is 2.21. The molecule has 5 nitrogen and oxygen atoms in total. The molecule has 1 aliphatic rings. The number of carbonyl (C=O) groups excluding carboxylic acids is 2. The van der Waals surface area contributed by atoms with Crippen molar-refractivity contribution in [1.29, 1.82) is 0 Å². The van der Waals surface area contributed by atoms with Gasteiger partial charge in [0.05, 0.1) is 26.6 Å². The third-order valence-corrected chi connectivity index (χ3v) is 3.30. The predicted molar refractivity (Wildman–Crippen MR) is 67.5 cm³/mol. The van der Waals surface area contributed by atoms with E-state index >= 15 is 0 Å². The number of carbonyl (C=O) groups is 2. The van der Waals surface area contributed by atoms with E-state index < -0.39 is 18.8 Å². The highest BCUT2D eigenvalue weighted by Gasteiger charge is 2.30. The first-order valence-electron chi connectivity index (χ1n) is 6.84. The number of piperidine rings is 1. The lowest BCUT2D eigenvalue weighted by atomic mass is 9.99. The smallest absolute Gasteiger partial charge is 0.411 e. The van der Waals surface area contributed by atoms with E-state index in [0.29, 0.717) is 13.0 Å². The fourth-order valence-electron chi connectivity index (χ4n) is 2.31. The van der Waals surface area contributed by atoms with Gasteiger partial charge >= 0.3 is 12.1 Å². The first kappa shape index (κ1) is 17.7. The fourth-order valence-corrected chi connectivity index (χ4v) is 2.31. The number of ether oxygens (including phenoxy) is 2. The molecule has 0 radical (unpaired) electrons. The molecule has 0 spiro atoms. The van der Waals surface area contributed by atoms with Crippen molar-refractivity contribution in [3.05, 3.63) is 0 Å². The lowest BCUT2D eigenvalue weighted by molar-refractivity contribution is -0.175. The number of rotatable bonds is 6. The number of nitrogens with zero attached hydrogens (tertiary/aromatic N) is 1. The second kappa shape index (κ2) is 8.21. The van der Waals surface area contributed by atoms with Crippen molar-refractivity contribution in [2.24, 2.45) is 0 Å². The Morgan fingerprint density at radius 2 is 2.00 bits per heavy atom. The third-order valence-electron chi connectivity index (χ3n) is 3.30. The Morgan fingerprint density at radius 1 is 1.29 bits per heavy atom. The van der Waals surface area contributed by atoms with Crippen LogP contribution in [-0.2, 0) is 19.1 Å². The molecule has 1 amide bonds. The summed E-state index contributed by atoms with van der Waals surface area (Å²) in [5.41, 5.74) is 0. The third kappa shape index (κ3) is 6.79. The van der Waals surface area contributed by atoms with Gasteiger partial charge in [-0.25, -0.2) is 0 Å². The molecular formula is C13H20F3NO4. The molecule has 0 aromatic carbocycles. The van der Waals surface area contributed by atoms with Crippen LogP contribution in [0.15, 0.2) is 0 Å². The summed E-state index contributed by atoms with van der Waals surface area (Å²) < 4.78 is 44.7. The van der Waals surface area contributed by atoms with Crippen LogP contribution in [0.25, 0.3) is 0 Å². The minimum absolute atomic E-state index is 0.117.